The van der Waals surface area contributed by atoms with E-state index in [9.17, 15) is 0 Å². The summed E-state index contributed by atoms with van der Waals surface area (Å²) >= 11 is 1.55. The highest BCUT2D eigenvalue weighted by molar-refractivity contribution is 7.15. The molecule has 4 rings (SSSR count). The van der Waals surface area contributed by atoms with Crippen LogP contribution in [0.1, 0.15) is 10.6 Å². The van der Waals surface area contributed by atoms with Gasteiger partial charge in [0.05, 0.1) is 5.69 Å². The molecule has 26 heavy (non-hydrogen) atoms. The summed E-state index contributed by atoms with van der Waals surface area (Å²) in [6.45, 7) is 3.99. The molecule has 0 amide bonds. The summed E-state index contributed by atoms with van der Waals surface area (Å²) in [5, 5.41) is 5.97. The monoisotopic (exact) mass is 363 g/mol. The van der Waals surface area contributed by atoms with Crippen LogP contribution < -0.4 is 15.8 Å². The van der Waals surface area contributed by atoms with Crippen LogP contribution >= 0.6 is 11.3 Å². The van der Waals surface area contributed by atoms with Crippen LogP contribution in [0.2, 0.25) is 0 Å². The SMILES string of the molecule is Cc1nc(Nc2ncnc(Oc3cccc4ccccc34)c2N)sc1C. The van der Waals surface area contributed by atoms with Crippen molar-refractivity contribution >= 4 is 38.7 Å². The average molecular weight is 363 g/mol. The molecule has 0 radical (unpaired) electrons. The average Bonchev–Trinajstić information content (AvgIpc) is 2.96. The van der Waals surface area contributed by atoms with Gasteiger partial charge >= 0.3 is 0 Å². The number of rotatable bonds is 4. The largest absolute Gasteiger partial charge is 0.436 e. The molecule has 3 N–H and O–H groups in total. The van der Waals surface area contributed by atoms with E-state index in [2.05, 4.69) is 20.3 Å². The van der Waals surface area contributed by atoms with Gasteiger partial charge in [0.2, 0.25) is 5.88 Å². The molecule has 4 aromatic rings. The van der Waals surface area contributed by atoms with Crippen LogP contribution in [0, 0.1) is 13.8 Å². The van der Waals surface area contributed by atoms with Crippen molar-refractivity contribution in [2.45, 2.75) is 13.8 Å². The van der Waals surface area contributed by atoms with Crippen LogP contribution in [0.25, 0.3) is 10.8 Å². The quantitative estimate of drug-likeness (QED) is 0.540. The second-order valence-corrected chi connectivity index (χ2v) is 7.01. The summed E-state index contributed by atoms with van der Waals surface area (Å²) in [5.74, 6) is 1.48. The third-order valence-corrected chi connectivity index (χ3v) is 5.05. The van der Waals surface area contributed by atoms with E-state index in [1.54, 1.807) is 11.3 Å². The molecule has 2 heterocycles. The number of nitrogens with zero attached hydrogens (tertiary/aromatic N) is 3. The first-order chi connectivity index (χ1) is 12.6. The van der Waals surface area contributed by atoms with Crippen molar-refractivity contribution in [2.24, 2.45) is 0 Å². The fourth-order valence-corrected chi connectivity index (χ4v) is 3.39. The molecule has 0 unspecified atom stereocenters. The van der Waals surface area contributed by atoms with Crippen LogP contribution in [0.15, 0.2) is 48.8 Å². The van der Waals surface area contributed by atoms with Gasteiger partial charge in [-0.25, -0.2) is 9.97 Å². The van der Waals surface area contributed by atoms with Crippen molar-refractivity contribution in [3.8, 4) is 11.6 Å². The van der Waals surface area contributed by atoms with E-state index in [1.165, 1.54) is 6.33 Å². The molecule has 0 spiro atoms. The third kappa shape index (κ3) is 3.04. The lowest BCUT2D eigenvalue weighted by Crippen LogP contribution is -2.03. The van der Waals surface area contributed by atoms with Gasteiger partial charge in [0.1, 0.15) is 17.8 Å². The summed E-state index contributed by atoms with van der Waals surface area (Å²) in [6, 6.07) is 13.9. The van der Waals surface area contributed by atoms with Gasteiger partial charge in [0.25, 0.3) is 0 Å². The number of hydrogen-bond acceptors (Lipinski definition) is 7. The number of fused-ring (bicyclic) bond motifs is 1. The number of anilines is 3. The van der Waals surface area contributed by atoms with Crippen LogP contribution in [0.5, 0.6) is 11.6 Å². The topological polar surface area (TPSA) is 86.0 Å². The van der Waals surface area contributed by atoms with Crippen molar-refractivity contribution in [1.82, 2.24) is 15.0 Å². The van der Waals surface area contributed by atoms with Crippen molar-refractivity contribution in [2.75, 3.05) is 11.1 Å². The Hall–Kier alpha value is -3.19. The molecular weight excluding hydrogens is 346 g/mol. The number of nitrogens with two attached hydrogens (primary N) is 1. The number of aryl methyl sites for hydroxylation is 2. The smallest absolute Gasteiger partial charge is 0.248 e. The lowest BCUT2D eigenvalue weighted by molar-refractivity contribution is 0.470. The molecule has 0 aliphatic rings. The normalized spacial score (nSPS) is 10.8. The Morgan fingerprint density at radius 1 is 1.04 bits per heavy atom. The first kappa shape index (κ1) is 16.3. The Morgan fingerprint density at radius 3 is 2.65 bits per heavy atom. The lowest BCUT2D eigenvalue weighted by Gasteiger charge is -2.12. The Labute approximate surface area is 154 Å². The highest BCUT2D eigenvalue weighted by Gasteiger charge is 2.13. The number of benzene rings is 2. The predicted octanol–water partition coefficient (Wildman–Crippen LogP) is 4.82. The van der Waals surface area contributed by atoms with E-state index in [-0.39, 0.29) is 0 Å². The van der Waals surface area contributed by atoms with E-state index in [0.29, 0.717) is 23.1 Å². The zero-order chi connectivity index (χ0) is 18.1. The van der Waals surface area contributed by atoms with Crippen LogP contribution in [0.3, 0.4) is 0 Å². The molecule has 0 bridgehead atoms. The summed E-state index contributed by atoms with van der Waals surface area (Å²) in [6.07, 6.45) is 1.42. The molecular formula is C19H17N5OS. The second kappa shape index (κ2) is 6.61. The van der Waals surface area contributed by atoms with E-state index < -0.39 is 0 Å². The molecule has 0 atom stereocenters. The first-order valence-corrected chi connectivity index (χ1v) is 8.90. The molecule has 7 heteroatoms. The van der Waals surface area contributed by atoms with Gasteiger partial charge in [-0.1, -0.05) is 36.4 Å². The van der Waals surface area contributed by atoms with Crippen molar-refractivity contribution < 1.29 is 4.74 Å². The maximum Gasteiger partial charge on any atom is 0.248 e. The van der Waals surface area contributed by atoms with Crippen LogP contribution in [-0.2, 0) is 0 Å². The minimum absolute atomic E-state index is 0.309. The van der Waals surface area contributed by atoms with Gasteiger partial charge in [-0.3, -0.25) is 0 Å². The molecule has 0 saturated carbocycles. The molecule has 0 aliphatic carbocycles. The molecule has 0 saturated heterocycles. The lowest BCUT2D eigenvalue weighted by atomic mass is 10.1. The van der Waals surface area contributed by atoms with Crippen molar-refractivity contribution in [3.63, 3.8) is 0 Å². The first-order valence-electron chi connectivity index (χ1n) is 8.09. The van der Waals surface area contributed by atoms with Gasteiger partial charge in [0.15, 0.2) is 10.9 Å². The summed E-state index contributed by atoms with van der Waals surface area (Å²) in [4.78, 5) is 14.0. The number of thiazole rings is 1. The number of hydrogen-bond donors (Lipinski definition) is 2. The zero-order valence-electron chi connectivity index (χ0n) is 14.4. The highest BCUT2D eigenvalue weighted by Crippen LogP contribution is 2.35. The number of aromatic nitrogens is 3. The van der Waals surface area contributed by atoms with Crippen molar-refractivity contribution in [1.29, 1.82) is 0 Å². The Kier molecular flexibility index (Phi) is 4.14. The Morgan fingerprint density at radius 2 is 1.85 bits per heavy atom. The van der Waals surface area contributed by atoms with Crippen LogP contribution in [0.4, 0.5) is 16.6 Å². The molecule has 2 aromatic heterocycles. The van der Waals surface area contributed by atoms with E-state index in [1.807, 2.05) is 56.3 Å². The zero-order valence-corrected chi connectivity index (χ0v) is 15.2. The third-order valence-electron chi connectivity index (χ3n) is 4.06. The number of nitrogen functional groups attached to an aromatic ring is 1. The summed E-state index contributed by atoms with van der Waals surface area (Å²) in [5.41, 5.74) is 7.55. The molecule has 0 fully saturated rings. The second-order valence-electron chi connectivity index (χ2n) is 5.81. The molecule has 0 aliphatic heterocycles. The van der Waals surface area contributed by atoms with Gasteiger partial charge in [0, 0.05) is 10.3 Å². The van der Waals surface area contributed by atoms with Gasteiger partial charge < -0.3 is 15.8 Å². The molecule has 130 valence electrons. The maximum atomic E-state index is 6.23. The summed E-state index contributed by atoms with van der Waals surface area (Å²) < 4.78 is 6.00. The van der Waals surface area contributed by atoms with Gasteiger partial charge in [-0.05, 0) is 25.3 Å². The van der Waals surface area contributed by atoms with Crippen LogP contribution in [-0.4, -0.2) is 15.0 Å². The standard InChI is InChI=1S/C19H17N5OS/c1-11-12(2)26-19(23-11)24-17-16(20)18(22-10-21-17)25-15-9-5-7-13-6-3-4-8-14(13)15/h3-10H,20H2,1-2H3,(H,21,22,23,24). The maximum absolute atomic E-state index is 6.23. The Bertz CT molecular complexity index is 1070. The fraction of sp³-hybridized carbons (Fsp3) is 0.105. The number of ether oxygens (including phenoxy) is 1. The van der Waals surface area contributed by atoms with E-state index in [0.717, 1.165) is 26.5 Å². The highest BCUT2D eigenvalue weighted by atomic mass is 32.1. The fourth-order valence-electron chi connectivity index (χ4n) is 2.58. The molecule has 2 aromatic carbocycles. The van der Waals surface area contributed by atoms with Gasteiger partial charge in [-0.2, -0.15) is 4.98 Å². The van der Waals surface area contributed by atoms with E-state index in [4.69, 9.17) is 10.5 Å². The minimum Gasteiger partial charge on any atom is -0.436 e. The summed E-state index contributed by atoms with van der Waals surface area (Å²) in [7, 11) is 0. The number of nitrogens with one attached hydrogen (secondary N) is 1. The van der Waals surface area contributed by atoms with Crippen molar-refractivity contribution in [3.05, 3.63) is 59.4 Å². The predicted molar refractivity (Wildman–Crippen MR) is 105 cm³/mol. The van der Waals surface area contributed by atoms with E-state index >= 15 is 0 Å². The minimum atomic E-state index is 0.309. The molecule has 6 nitrogen and oxygen atoms in total. The Balaban J connectivity index is 1.67. The van der Waals surface area contributed by atoms with Gasteiger partial charge in [-0.15, -0.1) is 11.3 Å².